The van der Waals surface area contributed by atoms with E-state index >= 15 is 0 Å². The number of nitrogens with one attached hydrogen (secondary N) is 1. The number of hydrogen-bond donors (Lipinski definition) is 1. The molecule has 1 saturated heterocycles. The monoisotopic (exact) mass is 435 g/mol. The van der Waals surface area contributed by atoms with Crippen molar-refractivity contribution in [2.75, 3.05) is 18.1 Å². The van der Waals surface area contributed by atoms with E-state index in [1.807, 2.05) is 43.3 Å². The van der Waals surface area contributed by atoms with Crippen LogP contribution < -0.4 is 15.2 Å². The standard InChI is InChI=1S/C23H22ClN5O2/c1-2-31-16-11-9-15(10-12-16)19-8-5-13-28(19)20-14-25-29(22(30)21(20)24)23-26-17-6-3-4-7-18(17)27-23/h3-4,6-7,9-12,14,19H,2,5,8,13H2,1H3,(H,26,27)/t19-/m1/s1. The van der Waals surface area contributed by atoms with Crippen LogP contribution in [-0.2, 0) is 0 Å². The van der Waals surface area contributed by atoms with Crippen molar-refractivity contribution in [2.24, 2.45) is 0 Å². The van der Waals surface area contributed by atoms with Crippen LogP contribution in [0.15, 0.2) is 59.5 Å². The van der Waals surface area contributed by atoms with E-state index < -0.39 is 5.56 Å². The number of rotatable bonds is 5. The summed E-state index contributed by atoms with van der Waals surface area (Å²) in [5.41, 5.74) is 3.02. The van der Waals surface area contributed by atoms with Crippen LogP contribution in [0.2, 0.25) is 5.02 Å². The molecule has 0 aliphatic carbocycles. The highest BCUT2D eigenvalue weighted by atomic mass is 35.5. The summed E-state index contributed by atoms with van der Waals surface area (Å²) in [6, 6.07) is 15.8. The van der Waals surface area contributed by atoms with Crippen molar-refractivity contribution in [2.45, 2.75) is 25.8 Å². The van der Waals surface area contributed by atoms with Gasteiger partial charge in [-0.3, -0.25) is 4.79 Å². The number of anilines is 1. The van der Waals surface area contributed by atoms with Crippen molar-refractivity contribution in [3.05, 3.63) is 75.7 Å². The Morgan fingerprint density at radius 1 is 1.19 bits per heavy atom. The van der Waals surface area contributed by atoms with E-state index in [2.05, 4.69) is 32.1 Å². The van der Waals surface area contributed by atoms with Gasteiger partial charge < -0.3 is 14.6 Å². The lowest BCUT2D eigenvalue weighted by Crippen LogP contribution is -2.29. The molecule has 0 amide bonds. The maximum absolute atomic E-state index is 13.0. The third-order valence-electron chi connectivity index (χ3n) is 5.62. The van der Waals surface area contributed by atoms with Gasteiger partial charge in [0.15, 0.2) is 0 Å². The Bertz CT molecular complexity index is 1250. The number of imidazole rings is 1. The minimum absolute atomic E-state index is 0.136. The number of halogens is 1. The number of aromatic amines is 1. The van der Waals surface area contributed by atoms with Gasteiger partial charge in [-0.1, -0.05) is 35.9 Å². The van der Waals surface area contributed by atoms with Crippen LogP contribution in [0.25, 0.3) is 17.0 Å². The fourth-order valence-corrected chi connectivity index (χ4v) is 4.41. The second-order valence-corrected chi connectivity index (χ2v) is 7.87. The zero-order chi connectivity index (χ0) is 21.4. The Kier molecular flexibility index (Phi) is 5.11. The molecule has 1 aliphatic heterocycles. The van der Waals surface area contributed by atoms with Crippen LogP contribution in [0.4, 0.5) is 5.69 Å². The first kappa shape index (κ1) is 19.6. The maximum Gasteiger partial charge on any atom is 0.295 e. The lowest BCUT2D eigenvalue weighted by molar-refractivity contribution is 0.340. The third kappa shape index (κ3) is 3.55. The van der Waals surface area contributed by atoms with Crippen LogP contribution in [0.3, 0.4) is 0 Å². The summed E-state index contributed by atoms with van der Waals surface area (Å²) in [5, 5.41) is 4.53. The van der Waals surface area contributed by atoms with Crippen molar-refractivity contribution in [1.29, 1.82) is 0 Å². The van der Waals surface area contributed by atoms with E-state index in [1.54, 1.807) is 6.20 Å². The van der Waals surface area contributed by atoms with Crippen molar-refractivity contribution >= 4 is 28.3 Å². The van der Waals surface area contributed by atoms with Gasteiger partial charge in [0.2, 0.25) is 5.95 Å². The molecule has 2 aromatic heterocycles. The Hall–Kier alpha value is -3.32. The number of hydrogen-bond acceptors (Lipinski definition) is 5. The summed E-state index contributed by atoms with van der Waals surface area (Å²) in [7, 11) is 0. The molecule has 8 heteroatoms. The van der Waals surface area contributed by atoms with Crippen LogP contribution in [0, 0.1) is 0 Å². The molecule has 1 fully saturated rings. The molecule has 2 aromatic carbocycles. The average molecular weight is 436 g/mol. The van der Waals surface area contributed by atoms with Gasteiger partial charge in [0.05, 0.1) is 35.6 Å². The first-order valence-corrected chi connectivity index (χ1v) is 10.8. The van der Waals surface area contributed by atoms with Crippen molar-refractivity contribution in [3.63, 3.8) is 0 Å². The number of fused-ring (bicyclic) bond motifs is 1. The summed E-state index contributed by atoms with van der Waals surface area (Å²) in [4.78, 5) is 22.8. The summed E-state index contributed by atoms with van der Waals surface area (Å²) >= 11 is 6.57. The minimum Gasteiger partial charge on any atom is -0.494 e. The molecule has 0 unspecified atom stereocenters. The summed E-state index contributed by atoms with van der Waals surface area (Å²) < 4.78 is 6.77. The Morgan fingerprint density at radius 2 is 2.00 bits per heavy atom. The smallest absolute Gasteiger partial charge is 0.295 e. The highest BCUT2D eigenvalue weighted by Crippen LogP contribution is 2.38. The first-order valence-electron chi connectivity index (χ1n) is 10.4. The first-order chi connectivity index (χ1) is 15.2. The topological polar surface area (TPSA) is 76.0 Å². The molecule has 158 valence electrons. The fourth-order valence-electron chi connectivity index (χ4n) is 4.17. The number of nitrogens with zero attached hydrogens (tertiary/aromatic N) is 4. The van der Waals surface area contributed by atoms with Crippen LogP contribution >= 0.6 is 11.6 Å². The second kappa shape index (κ2) is 8.07. The molecule has 5 rings (SSSR count). The van der Waals surface area contributed by atoms with Crippen LogP contribution in [0.1, 0.15) is 31.4 Å². The number of benzene rings is 2. The summed E-state index contributed by atoms with van der Waals surface area (Å²) in [5.74, 6) is 1.20. The molecule has 1 aliphatic rings. The SMILES string of the molecule is CCOc1ccc([C@H]2CCCN2c2cnn(-c3nc4ccccc4[nH]3)c(=O)c2Cl)cc1. The van der Waals surface area contributed by atoms with Gasteiger partial charge in [-0.2, -0.15) is 9.78 Å². The molecule has 4 aromatic rings. The Balaban J connectivity index is 1.48. The second-order valence-electron chi connectivity index (χ2n) is 7.49. The molecular formula is C23H22ClN5O2. The van der Waals surface area contributed by atoms with Crippen LogP contribution in [-0.4, -0.2) is 32.9 Å². The van der Waals surface area contributed by atoms with Gasteiger partial charge in [0, 0.05) is 6.54 Å². The molecule has 1 atom stereocenters. The highest BCUT2D eigenvalue weighted by Gasteiger charge is 2.29. The van der Waals surface area contributed by atoms with Gasteiger partial charge in [0.25, 0.3) is 5.56 Å². The van der Waals surface area contributed by atoms with Gasteiger partial charge in [-0.25, -0.2) is 4.98 Å². The van der Waals surface area contributed by atoms with E-state index in [0.717, 1.165) is 36.2 Å². The quantitative estimate of drug-likeness (QED) is 0.499. The molecule has 1 N–H and O–H groups in total. The predicted octanol–water partition coefficient (Wildman–Crippen LogP) is 4.50. The molecule has 0 bridgehead atoms. The number of H-pyrrole nitrogens is 1. The number of para-hydroxylation sites is 2. The van der Waals surface area contributed by atoms with Gasteiger partial charge in [0.1, 0.15) is 10.8 Å². The maximum atomic E-state index is 13.0. The largest absolute Gasteiger partial charge is 0.494 e. The van der Waals surface area contributed by atoms with Gasteiger partial charge in [-0.15, -0.1) is 0 Å². The fraction of sp³-hybridized carbons (Fsp3) is 0.261. The van der Waals surface area contributed by atoms with Gasteiger partial charge in [-0.05, 0) is 49.6 Å². The molecule has 31 heavy (non-hydrogen) atoms. The molecule has 0 spiro atoms. The normalized spacial score (nSPS) is 16.2. The van der Waals surface area contributed by atoms with E-state index in [9.17, 15) is 4.79 Å². The molecule has 0 saturated carbocycles. The number of aromatic nitrogens is 4. The van der Waals surface area contributed by atoms with E-state index in [-0.39, 0.29) is 11.1 Å². The van der Waals surface area contributed by atoms with Gasteiger partial charge >= 0.3 is 0 Å². The van der Waals surface area contributed by atoms with Crippen LogP contribution in [0.5, 0.6) is 5.75 Å². The highest BCUT2D eigenvalue weighted by molar-refractivity contribution is 6.33. The Morgan fingerprint density at radius 3 is 2.77 bits per heavy atom. The zero-order valence-electron chi connectivity index (χ0n) is 17.1. The molecule has 7 nitrogen and oxygen atoms in total. The zero-order valence-corrected chi connectivity index (χ0v) is 17.8. The molecule has 3 heterocycles. The van der Waals surface area contributed by atoms with E-state index in [0.29, 0.717) is 18.2 Å². The summed E-state index contributed by atoms with van der Waals surface area (Å²) in [6.45, 7) is 3.42. The lowest BCUT2D eigenvalue weighted by Gasteiger charge is -2.27. The molecular weight excluding hydrogens is 414 g/mol. The number of ether oxygens (including phenoxy) is 1. The summed E-state index contributed by atoms with van der Waals surface area (Å²) in [6.07, 6.45) is 3.65. The molecule has 0 radical (unpaired) electrons. The van der Waals surface area contributed by atoms with E-state index in [4.69, 9.17) is 16.3 Å². The minimum atomic E-state index is -0.393. The average Bonchev–Trinajstić information content (AvgIpc) is 3.43. The predicted molar refractivity (Wildman–Crippen MR) is 121 cm³/mol. The van der Waals surface area contributed by atoms with Crippen molar-refractivity contribution in [3.8, 4) is 11.7 Å². The third-order valence-corrected chi connectivity index (χ3v) is 5.97. The van der Waals surface area contributed by atoms with Crippen molar-refractivity contribution in [1.82, 2.24) is 19.7 Å². The lowest BCUT2D eigenvalue weighted by atomic mass is 10.0. The van der Waals surface area contributed by atoms with Crippen molar-refractivity contribution < 1.29 is 4.74 Å². The van der Waals surface area contributed by atoms with E-state index in [1.165, 1.54) is 10.2 Å². The Labute approximate surface area is 184 Å².